The summed E-state index contributed by atoms with van der Waals surface area (Å²) < 4.78 is 5.48. The monoisotopic (exact) mass is 252 g/mol. The van der Waals surface area contributed by atoms with Crippen molar-refractivity contribution in [3.05, 3.63) is 17.8 Å². The minimum absolute atomic E-state index is 0.106. The van der Waals surface area contributed by atoms with Gasteiger partial charge in [0.05, 0.1) is 12.1 Å². The first-order valence-electron chi connectivity index (χ1n) is 6.46. The number of likely N-dealkylation sites (tertiary alicyclic amines) is 1. The van der Waals surface area contributed by atoms with Gasteiger partial charge in [0.2, 0.25) is 0 Å². The van der Waals surface area contributed by atoms with Crippen LogP contribution in [0.1, 0.15) is 44.2 Å². The van der Waals surface area contributed by atoms with E-state index < -0.39 is 5.97 Å². The van der Waals surface area contributed by atoms with Crippen LogP contribution in [0.2, 0.25) is 0 Å². The molecule has 100 valence electrons. The molecule has 1 aromatic heterocycles. The summed E-state index contributed by atoms with van der Waals surface area (Å²) in [4.78, 5) is 17.3. The van der Waals surface area contributed by atoms with E-state index in [9.17, 15) is 4.79 Å². The van der Waals surface area contributed by atoms with Crippen molar-refractivity contribution in [2.24, 2.45) is 0 Å². The van der Waals surface area contributed by atoms with E-state index in [4.69, 9.17) is 9.52 Å². The highest BCUT2D eigenvalue weighted by Crippen LogP contribution is 2.27. The molecule has 0 spiro atoms. The maximum absolute atomic E-state index is 10.5. The van der Waals surface area contributed by atoms with Gasteiger partial charge in [0.25, 0.3) is 0 Å². The fourth-order valence-corrected chi connectivity index (χ4v) is 2.32. The van der Waals surface area contributed by atoms with Gasteiger partial charge in [-0.1, -0.05) is 0 Å². The Kier molecular flexibility index (Phi) is 4.01. The van der Waals surface area contributed by atoms with Gasteiger partial charge in [-0.25, -0.2) is 4.98 Å². The first-order chi connectivity index (χ1) is 8.56. The van der Waals surface area contributed by atoms with Crippen molar-refractivity contribution in [1.29, 1.82) is 0 Å². The van der Waals surface area contributed by atoms with E-state index in [1.807, 2.05) is 0 Å². The van der Waals surface area contributed by atoms with Crippen LogP contribution in [0.5, 0.6) is 0 Å². The highest BCUT2D eigenvalue weighted by Gasteiger charge is 2.28. The van der Waals surface area contributed by atoms with E-state index in [2.05, 4.69) is 23.7 Å². The molecule has 18 heavy (non-hydrogen) atoms. The summed E-state index contributed by atoms with van der Waals surface area (Å²) in [5, 5.41) is 8.62. The number of carbonyl (C=O) groups is 1. The van der Waals surface area contributed by atoms with Crippen LogP contribution in [0.4, 0.5) is 0 Å². The minimum atomic E-state index is -0.800. The van der Waals surface area contributed by atoms with E-state index in [0.717, 1.165) is 31.1 Å². The molecule has 0 radical (unpaired) electrons. The van der Waals surface area contributed by atoms with Crippen LogP contribution in [0.15, 0.2) is 10.7 Å². The normalized spacial score (nSPS) is 20.7. The van der Waals surface area contributed by atoms with Crippen molar-refractivity contribution in [2.45, 2.75) is 45.1 Å². The second-order valence-corrected chi connectivity index (χ2v) is 5.15. The van der Waals surface area contributed by atoms with Gasteiger partial charge in [-0.15, -0.1) is 0 Å². The van der Waals surface area contributed by atoms with Gasteiger partial charge < -0.3 is 14.4 Å². The van der Waals surface area contributed by atoms with Crippen molar-refractivity contribution in [3.8, 4) is 0 Å². The lowest BCUT2D eigenvalue weighted by molar-refractivity contribution is -0.136. The number of hydrogen-bond donors (Lipinski definition) is 1. The maximum Gasteiger partial charge on any atom is 0.303 e. The highest BCUT2D eigenvalue weighted by molar-refractivity contribution is 5.66. The number of oxazole rings is 1. The minimum Gasteiger partial charge on any atom is -0.481 e. The lowest BCUT2D eigenvalue weighted by Gasteiger charge is -2.19. The molecule has 0 aromatic carbocycles. The fourth-order valence-electron chi connectivity index (χ4n) is 2.32. The number of aromatic nitrogens is 1. The topological polar surface area (TPSA) is 66.6 Å². The summed E-state index contributed by atoms with van der Waals surface area (Å²) in [7, 11) is 0. The SMILES string of the molecule is CC(C)N1CCC(c2nc(CCC(=O)O)co2)C1. The van der Waals surface area contributed by atoms with Gasteiger partial charge in [-0.2, -0.15) is 0 Å². The van der Waals surface area contributed by atoms with Gasteiger partial charge in [-0.05, 0) is 26.8 Å². The van der Waals surface area contributed by atoms with E-state index >= 15 is 0 Å². The summed E-state index contributed by atoms with van der Waals surface area (Å²) >= 11 is 0. The lowest BCUT2D eigenvalue weighted by Crippen LogP contribution is -2.27. The van der Waals surface area contributed by atoms with Crippen LogP contribution in [0.3, 0.4) is 0 Å². The Hall–Kier alpha value is -1.36. The van der Waals surface area contributed by atoms with Gasteiger partial charge in [-0.3, -0.25) is 4.79 Å². The molecule has 2 rings (SSSR count). The molecule has 1 aliphatic rings. The van der Waals surface area contributed by atoms with Gasteiger partial charge in [0.15, 0.2) is 5.89 Å². The molecule has 5 nitrogen and oxygen atoms in total. The van der Waals surface area contributed by atoms with E-state index in [1.54, 1.807) is 6.26 Å². The molecular formula is C13H20N2O3. The van der Waals surface area contributed by atoms with Gasteiger partial charge in [0, 0.05) is 24.9 Å². The number of rotatable bonds is 5. The van der Waals surface area contributed by atoms with E-state index in [-0.39, 0.29) is 6.42 Å². The average Bonchev–Trinajstić information content (AvgIpc) is 2.95. The largest absolute Gasteiger partial charge is 0.481 e. The smallest absolute Gasteiger partial charge is 0.303 e. The molecule has 2 heterocycles. The predicted octanol–water partition coefficient (Wildman–Crippen LogP) is 1.89. The summed E-state index contributed by atoms with van der Waals surface area (Å²) in [6.45, 7) is 6.44. The number of carboxylic acid groups (broad SMARTS) is 1. The molecule has 1 N–H and O–H groups in total. The van der Waals surface area contributed by atoms with Crippen molar-refractivity contribution in [3.63, 3.8) is 0 Å². The van der Waals surface area contributed by atoms with Crippen LogP contribution >= 0.6 is 0 Å². The van der Waals surface area contributed by atoms with E-state index in [1.165, 1.54) is 0 Å². The third kappa shape index (κ3) is 3.10. The third-order valence-corrected chi connectivity index (χ3v) is 3.46. The molecule has 0 saturated carbocycles. The zero-order valence-corrected chi connectivity index (χ0v) is 10.9. The van der Waals surface area contributed by atoms with Crippen molar-refractivity contribution in [2.75, 3.05) is 13.1 Å². The molecule has 0 amide bonds. The maximum atomic E-state index is 10.5. The Morgan fingerprint density at radius 3 is 3.06 bits per heavy atom. The molecule has 1 unspecified atom stereocenters. The van der Waals surface area contributed by atoms with Gasteiger partial charge >= 0.3 is 5.97 Å². The van der Waals surface area contributed by atoms with Crippen LogP contribution < -0.4 is 0 Å². The first-order valence-corrected chi connectivity index (χ1v) is 6.46. The summed E-state index contributed by atoms with van der Waals surface area (Å²) in [5.41, 5.74) is 0.746. The van der Waals surface area contributed by atoms with Gasteiger partial charge in [0.1, 0.15) is 6.26 Å². The Morgan fingerprint density at radius 1 is 1.67 bits per heavy atom. The predicted molar refractivity (Wildman–Crippen MR) is 66.5 cm³/mol. The van der Waals surface area contributed by atoms with Crippen LogP contribution in [-0.4, -0.2) is 40.1 Å². The molecule has 5 heteroatoms. The Balaban J connectivity index is 1.92. The second-order valence-electron chi connectivity index (χ2n) is 5.15. The molecule has 1 aliphatic heterocycles. The summed E-state index contributed by atoms with van der Waals surface area (Å²) in [5.74, 6) is 0.316. The van der Waals surface area contributed by atoms with Crippen molar-refractivity contribution < 1.29 is 14.3 Å². The molecule has 1 aromatic rings. The zero-order valence-electron chi connectivity index (χ0n) is 10.9. The van der Waals surface area contributed by atoms with Crippen LogP contribution in [0.25, 0.3) is 0 Å². The highest BCUT2D eigenvalue weighted by atomic mass is 16.4. The zero-order chi connectivity index (χ0) is 13.1. The van der Waals surface area contributed by atoms with Crippen molar-refractivity contribution in [1.82, 2.24) is 9.88 Å². The molecule has 1 fully saturated rings. The third-order valence-electron chi connectivity index (χ3n) is 3.46. The summed E-state index contributed by atoms with van der Waals surface area (Å²) in [6, 6.07) is 0.552. The number of hydrogen-bond acceptors (Lipinski definition) is 4. The molecule has 1 saturated heterocycles. The fraction of sp³-hybridized carbons (Fsp3) is 0.692. The summed E-state index contributed by atoms with van der Waals surface area (Å²) in [6.07, 6.45) is 3.21. The Labute approximate surface area is 107 Å². The number of nitrogens with zero attached hydrogens (tertiary/aromatic N) is 2. The Morgan fingerprint density at radius 2 is 2.44 bits per heavy atom. The van der Waals surface area contributed by atoms with Crippen molar-refractivity contribution >= 4 is 5.97 Å². The van der Waals surface area contributed by atoms with E-state index in [0.29, 0.717) is 18.4 Å². The standard InChI is InChI=1S/C13H20N2O3/c1-9(2)15-6-5-10(7-15)13-14-11(8-18-13)3-4-12(16)17/h8-10H,3-7H2,1-2H3,(H,16,17). The quantitative estimate of drug-likeness (QED) is 0.866. The number of aliphatic carboxylic acids is 1. The molecule has 0 bridgehead atoms. The van der Waals surface area contributed by atoms with Crippen LogP contribution in [-0.2, 0) is 11.2 Å². The number of aryl methyl sites for hydroxylation is 1. The Bertz CT molecular complexity index is 414. The number of carboxylic acids is 1. The second kappa shape index (κ2) is 5.52. The van der Waals surface area contributed by atoms with Crippen LogP contribution in [0, 0.1) is 0 Å². The molecule has 1 atom stereocenters. The molecular weight excluding hydrogens is 232 g/mol. The first kappa shape index (κ1) is 13.1. The lowest BCUT2D eigenvalue weighted by atomic mass is 10.1. The average molecular weight is 252 g/mol. The molecule has 0 aliphatic carbocycles.